The van der Waals surface area contributed by atoms with Crippen molar-refractivity contribution in [1.82, 2.24) is 10.2 Å². The Morgan fingerprint density at radius 2 is 2.33 bits per heavy atom. The second-order valence-corrected chi connectivity index (χ2v) is 3.80. The molecule has 15 heavy (non-hydrogen) atoms. The minimum absolute atomic E-state index is 0.259. The number of H-pyrrole nitrogens is 1. The van der Waals surface area contributed by atoms with Gasteiger partial charge in [0.05, 0.1) is 11.7 Å². The Morgan fingerprint density at radius 3 is 3.13 bits per heavy atom. The van der Waals surface area contributed by atoms with Crippen LogP contribution in [0.5, 0.6) is 0 Å². The maximum Gasteiger partial charge on any atom is 0.129 e. The summed E-state index contributed by atoms with van der Waals surface area (Å²) in [5, 5.41) is 8.12. The van der Waals surface area contributed by atoms with Crippen molar-refractivity contribution < 1.29 is 4.79 Å². The van der Waals surface area contributed by atoms with Crippen LogP contribution in [-0.2, 0) is 11.2 Å². The van der Waals surface area contributed by atoms with Crippen molar-refractivity contribution >= 4 is 16.7 Å². The molecule has 3 nitrogen and oxygen atoms in total. The third kappa shape index (κ3) is 2.24. The molecule has 0 radical (unpaired) electrons. The lowest BCUT2D eigenvalue weighted by molar-refractivity contribution is -0.117. The summed E-state index contributed by atoms with van der Waals surface area (Å²) in [6.07, 6.45) is 4.36. The molecule has 1 aromatic heterocycles. The van der Waals surface area contributed by atoms with E-state index in [-0.39, 0.29) is 5.78 Å². The van der Waals surface area contributed by atoms with Gasteiger partial charge in [0.1, 0.15) is 5.78 Å². The lowest BCUT2D eigenvalue weighted by Gasteiger charge is -2.01. The molecular formula is C12H14N2O. The van der Waals surface area contributed by atoms with E-state index in [0.717, 1.165) is 18.4 Å². The first-order valence-electron chi connectivity index (χ1n) is 5.18. The molecule has 0 unspecified atom stereocenters. The van der Waals surface area contributed by atoms with E-state index in [4.69, 9.17) is 0 Å². The summed E-state index contributed by atoms with van der Waals surface area (Å²) in [5.41, 5.74) is 2.33. The fourth-order valence-corrected chi connectivity index (χ4v) is 1.78. The second-order valence-electron chi connectivity index (χ2n) is 3.80. The van der Waals surface area contributed by atoms with Gasteiger partial charge < -0.3 is 4.79 Å². The maximum absolute atomic E-state index is 10.8. The largest absolute Gasteiger partial charge is 0.300 e. The Bertz CT molecular complexity index is 473. The van der Waals surface area contributed by atoms with Crippen LogP contribution in [0.4, 0.5) is 0 Å². The van der Waals surface area contributed by atoms with Crippen molar-refractivity contribution in [2.45, 2.75) is 26.2 Å². The molecule has 0 fully saturated rings. The molecule has 3 heteroatoms. The summed E-state index contributed by atoms with van der Waals surface area (Å²) in [5.74, 6) is 0.259. The summed E-state index contributed by atoms with van der Waals surface area (Å²) in [7, 11) is 0. The van der Waals surface area contributed by atoms with Crippen molar-refractivity contribution in [2.75, 3.05) is 0 Å². The van der Waals surface area contributed by atoms with Crippen LogP contribution in [0.3, 0.4) is 0 Å². The van der Waals surface area contributed by atoms with Crippen molar-refractivity contribution in [3.63, 3.8) is 0 Å². The van der Waals surface area contributed by atoms with Crippen LogP contribution in [0.1, 0.15) is 25.3 Å². The standard InChI is InChI=1S/C12H14N2O/c1-9(15)4-2-5-10-6-3-7-12-11(10)8-13-14-12/h3,6-8H,2,4-5H2,1H3,(H,13,14). The fraction of sp³-hybridized carbons (Fsp3) is 0.333. The Labute approximate surface area is 88.5 Å². The van der Waals surface area contributed by atoms with Gasteiger partial charge >= 0.3 is 0 Å². The van der Waals surface area contributed by atoms with Crippen molar-refractivity contribution in [1.29, 1.82) is 0 Å². The molecule has 2 aromatic rings. The number of hydrogen-bond acceptors (Lipinski definition) is 2. The predicted octanol–water partition coefficient (Wildman–Crippen LogP) is 2.47. The van der Waals surface area contributed by atoms with Gasteiger partial charge in [0.25, 0.3) is 0 Å². The van der Waals surface area contributed by atoms with Gasteiger partial charge in [-0.05, 0) is 31.4 Å². The molecule has 1 heterocycles. The summed E-state index contributed by atoms with van der Waals surface area (Å²) in [6, 6.07) is 6.12. The number of aromatic nitrogens is 2. The van der Waals surface area contributed by atoms with Gasteiger partial charge in [0.15, 0.2) is 0 Å². The van der Waals surface area contributed by atoms with Crippen molar-refractivity contribution in [2.24, 2.45) is 0 Å². The molecule has 0 aliphatic rings. The molecule has 78 valence electrons. The third-order valence-electron chi connectivity index (χ3n) is 2.55. The summed E-state index contributed by atoms with van der Waals surface area (Å²) >= 11 is 0. The molecular weight excluding hydrogens is 188 g/mol. The topological polar surface area (TPSA) is 45.8 Å². The number of Topliss-reactive ketones (excluding diaryl/α,β-unsaturated/α-hetero) is 1. The Morgan fingerprint density at radius 1 is 1.47 bits per heavy atom. The average Bonchev–Trinajstić information content (AvgIpc) is 2.65. The molecule has 0 atom stereocenters. The molecule has 1 N–H and O–H groups in total. The zero-order valence-corrected chi connectivity index (χ0v) is 8.79. The van der Waals surface area contributed by atoms with Crippen LogP contribution >= 0.6 is 0 Å². The number of nitrogens with zero attached hydrogens (tertiary/aromatic N) is 1. The first kappa shape index (κ1) is 9.90. The number of aromatic amines is 1. The molecule has 2 rings (SSSR count). The van der Waals surface area contributed by atoms with Crippen LogP contribution < -0.4 is 0 Å². The van der Waals surface area contributed by atoms with Crippen molar-refractivity contribution in [3.05, 3.63) is 30.0 Å². The predicted molar refractivity (Wildman–Crippen MR) is 59.7 cm³/mol. The zero-order valence-electron chi connectivity index (χ0n) is 8.79. The average molecular weight is 202 g/mol. The van der Waals surface area contributed by atoms with Gasteiger partial charge in [-0.3, -0.25) is 5.10 Å². The van der Waals surface area contributed by atoms with Crippen LogP contribution in [0, 0.1) is 0 Å². The Hall–Kier alpha value is -1.64. The number of carbonyl (C=O) groups is 1. The second kappa shape index (κ2) is 4.26. The van der Waals surface area contributed by atoms with Gasteiger partial charge in [-0.15, -0.1) is 0 Å². The number of ketones is 1. The highest BCUT2D eigenvalue weighted by molar-refractivity contribution is 5.81. The van der Waals surface area contributed by atoms with E-state index in [2.05, 4.69) is 16.3 Å². The minimum atomic E-state index is 0.259. The molecule has 0 saturated heterocycles. The molecule has 0 aliphatic carbocycles. The van der Waals surface area contributed by atoms with Crippen LogP contribution in [-0.4, -0.2) is 16.0 Å². The first-order chi connectivity index (χ1) is 7.27. The number of rotatable bonds is 4. The monoisotopic (exact) mass is 202 g/mol. The lowest BCUT2D eigenvalue weighted by atomic mass is 10.0. The van der Waals surface area contributed by atoms with E-state index in [1.54, 1.807) is 6.92 Å². The van der Waals surface area contributed by atoms with Crippen LogP contribution in [0.15, 0.2) is 24.4 Å². The molecule has 0 amide bonds. The highest BCUT2D eigenvalue weighted by Gasteiger charge is 2.02. The van der Waals surface area contributed by atoms with E-state index in [1.807, 2.05) is 18.3 Å². The van der Waals surface area contributed by atoms with Gasteiger partial charge in [0, 0.05) is 11.8 Å². The van der Waals surface area contributed by atoms with Gasteiger partial charge in [-0.2, -0.15) is 5.10 Å². The summed E-state index contributed by atoms with van der Waals surface area (Å²) in [6.45, 7) is 1.64. The maximum atomic E-state index is 10.8. The number of hydrogen-bond donors (Lipinski definition) is 1. The third-order valence-corrected chi connectivity index (χ3v) is 2.55. The van der Waals surface area contributed by atoms with E-state index in [0.29, 0.717) is 6.42 Å². The first-order valence-corrected chi connectivity index (χ1v) is 5.18. The molecule has 0 bridgehead atoms. The summed E-state index contributed by atoms with van der Waals surface area (Å²) < 4.78 is 0. The molecule has 0 saturated carbocycles. The number of carbonyl (C=O) groups excluding carboxylic acids is 1. The highest BCUT2D eigenvalue weighted by Crippen LogP contribution is 2.17. The number of nitrogens with one attached hydrogen (secondary N) is 1. The van der Waals surface area contributed by atoms with Crippen LogP contribution in [0.25, 0.3) is 10.9 Å². The minimum Gasteiger partial charge on any atom is -0.300 e. The van der Waals surface area contributed by atoms with Crippen LogP contribution in [0.2, 0.25) is 0 Å². The Kier molecular flexibility index (Phi) is 2.81. The lowest BCUT2D eigenvalue weighted by Crippen LogP contribution is -1.92. The zero-order chi connectivity index (χ0) is 10.7. The molecule has 1 aromatic carbocycles. The molecule has 0 spiro atoms. The van der Waals surface area contributed by atoms with Gasteiger partial charge in [-0.1, -0.05) is 12.1 Å². The van der Waals surface area contributed by atoms with E-state index >= 15 is 0 Å². The number of fused-ring (bicyclic) bond motifs is 1. The van der Waals surface area contributed by atoms with Gasteiger partial charge in [-0.25, -0.2) is 0 Å². The number of aryl methyl sites for hydroxylation is 1. The molecule has 0 aliphatic heterocycles. The Balaban J connectivity index is 2.13. The highest BCUT2D eigenvalue weighted by atomic mass is 16.1. The normalized spacial score (nSPS) is 10.7. The van der Waals surface area contributed by atoms with Crippen molar-refractivity contribution in [3.8, 4) is 0 Å². The fourth-order valence-electron chi connectivity index (χ4n) is 1.78. The number of benzene rings is 1. The summed E-state index contributed by atoms with van der Waals surface area (Å²) in [4.78, 5) is 10.8. The van der Waals surface area contributed by atoms with E-state index in [9.17, 15) is 4.79 Å². The van der Waals surface area contributed by atoms with Gasteiger partial charge in [0.2, 0.25) is 0 Å². The van der Waals surface area contributed by atoms with E-state index in [1.165, 1.54) is 10.9 Å². The van der Waals surface area contributed by atoms with E-state index < -0.39 is 0 Å². The quantitative estimate of drug-likeness (QED) is 0.827. The smallest absolute Gasteiger partial charge is 0.129 e. The SMILES string of the molecule is CC(=O)CCCc1cccc2[nH]ncc12.